The van der Waals surface area contributed by atoms with Crippen LogP contribution in [0.1, 0.15) is 0 Å². The molecule has 0 aliphatic heterocycles. The van der Waals surface area contributed by atoms with Crippen LogP contribution in [-0.4, -0.2) is 19.4 Å². The molecule has 0 saturated heterocycles. The summed E-state index contributed by atoms with van der Waals surface area (Å²) in [4.78, 5) is 15.2. The molecule has 0 atom stereocenters. The number of aromatic hydroxyl groups is 1. The van der Waals surface area contributed by atoms with Crippen LogP contribution in [0.2, 0.25) is 0 Å². The molecule has 1 heterocycles. The Morgan fingerprint density at radius 3 is 2.30 bits per heavy atom. The summed E-state index contributed by atoms with van der Waals surface area (Å²) in [5.74, 6) is -0.604. The normalized spacial score (nSPS) is 11.1. The van der Waals surface area contributed by atoms with Gasteiger partial charge in [-0.1, -0.05) is 30.3 Å². The highest BCUT2D eigenvalue weighted by Crippen LogP contribution is 2.20. The minimum Gasteiger partial charge on any atom is -0.508 e. The Labute approximate surface area is 157 Å². The number of phenolic OH excluding ortho intramolecular Hbond substituents is 1. The number of nitrogens with one attached hydrogen (secondary N) is 1. The number of phenols is 1. The monoisotopic (exact) mass is 384 g/mol. The third kappa shape index (κ3) is 4.69. The smallest absolute Gasteiger partial charge is 0.308 e. The molecule has 8 heteroatoms. The molecular formula is C19H18N3O4S+. The zero-order chi connectivity index (χ0) is 19.3. The Balaban J connectivity index is 1.94. The number of hydrazine groups is 1. The molecule has 0 spiro atoms. The van der Waals surface area contributed by atoms with E-state index in [0.29, 0.717) is 0 Å². The van der Waals surface area contributed by atoms with E-state index in [-0.39, 0.29) is 22.9 Å². The highest BCUT2D eigenvalue weighted by Gasteiger charge is 2.26. The first-order valence-electron chi connectivity index (χ1n) is 8.09. The van der Waals surface area contributed by atoms with Gasteiger partial charge in [0.15, 0.2) is 12.4 Å². The van der Waals surface area contributed by atoms with Crippen LogP contribution in [0.4, 0.5) is 5.69 Å². The van der Waals surface area contributed by atoms with Crippen molar-refractivity contribution in [2.24, 2.45) is 0 Å². The second-order valence-corrected chi connectivity index (χ2v) is 7.37. The average Bonchev–Trinajstić information content (AvgIpc) is 2.67. The number of aromatic nitrogens is 1. The molecule has 3 aromatic rings. The van der Waals surface area contributed by atoms with Gasteiger partial charge < -0.3 is 5.11 Å². The first kappa shape index (κ1) is 18.6. The fourth-order valence-electron chi connectivity index (χ4n) is 2.42. The lowest BCUT2D eigenvalue weighted by Gasteiger charge is -2.22. The number of hydrogen-bond acceptors (Lipinski definition) is 4. The lowest BCUT2D eigenvalue weighted by atomic mass is 10.3. The standard InChI is InChI=1S/C19H17N3O4S/c23-17-9-7-8-16(14-17)22(19(24)15-21-12-5-2-6-13-21)20-27(25,26)18-10-3-1-4-11-18/h1-14,20H,15H2/p+1. The van der Waals surface area contributed by atoms with Crippen molar-refractivity contribution in [3.63, 3.8) is 0 Å². The van der Waals surface area contributed by atoms with Crippen molar-refractivity contribution in [2.45, 2.75) is 11.4 Å². The molecular weight excluding hydrogens is 366 g/mol. The summed E-state index contributed by atoms with van der Waals surface area (Å²) in [5, 5.41) is 10.6. The topological polar surface area (TPSA) is 90.6 Å². The number of sulfonamides is 1. The van der Waals surface area contributed by atoms with Gasteiger partial charge in [0.1, 0.15) is 5.75 Å². The lowest BCUT2D eigenvalue weighted by molar-refractivity contribution is -0.684. The quantitative estimate of drug-likeness (QED) is 0.499. The van der Waals surface area contributed by atoms with Crippen molar-refractivity contribution in [2.75, 3.05) is 5.01 Å². The molecule has 2 aromatic carbocycles. The summed E-state index contributed by atoms with van der Waals surface area (Å²) < 4.78 is 27.0. The molecule has 1 amide bonds. The molecule has 7 nitrogen and oxygen atoms in total. The van der Waals surface area contributed by atoms with E-state index in [4.69, 9.17) is 0 Å². The molecule has 0 bridgehead atoms. The molecule has 0 fully saturated rings. The summed E-state index contributed by atoms with van der Waals surface area (Å²) >= 11 is 0. The van der Waals surface area contributed by atoms with E-state index < -0.39 is 15.9 Å². The largest absolute Gasteiger partial charge is 0.508 e. The zero-order valence-corrected chi connectivity index (χ0v) is 15.1. The van der Waals surface area contributed by atoms with Gasteiger partial charge in [-0.05, 0) is 24.3 Å². The summed E-state index contributed by atoms with van der Waals surface area (Å²) in [6.45, 7) is -0.0895. The molecule has 0 unspecified atom stereocenters. The Morgan fingerprint density at radius 1 is 0.963 bits per heavy atom. The zero-order valence-electron chi connectivity index (χ0n) is 14.3. The third-order valence-electron chi connectivity index (χ3n) is 3.70. The number of amides is 1. The van der Waals surface area contributed by atoms with Crippen LogP contribution in [0, 0.1) is 0 Å². The maximum atomic E-state index is 12.8. The fourth-order valence-corrected chi connectivity index (χ4v) is 3.49. The van der Waals surface area contributed by atoms with Crippen LogP contribution >= 0.6 is 0 Å². The molecule has 27 heavy (non-hydrogen) atoms. The number of benzene rings is 2. The number of pyridine rings is 1. The Morgan fingerprint density at radius 2 is 1.63 bits per heavy atom. The summed E-state index contributed by atoms with van der Waals surface area (Å²) in [6, 6.07) is 18.9. The second kappa shape index (κ2) is 7.98. The van der Waals surface area contributed by atoms with Crippen molar-refractivity contribution in [3.05, 3.63) is 85.2 Å². The second-order valence-electron chi connectivity index (χ2n) is 5.70. The van der Waals surface area contributed by atoms with Crippen LogP contribution in [-0.2, 0) is 21.4 Å². The van der Waals surface area contributed by atoms with Gasteiger partial charge in [0.25, 0.3) is 10.0 Å². The summed E-state index contributed by atoms with van der Waals surface area (Å²) in [7, 11) is -3.99. The number of carbonyl (C=O) groups excluding carboxylic acids is 1. The Hall–Kier alpha value is -3.23. The van der Waals surface area contributed by atoms with E-state index in [2.05, 4.69) is 4.83 Å². The molecule has 0 radical (unpaired) electrons. The van der Waals surface area contributed by atoms with E-state index in [1.165, 1.54) is 36.4 Å². The van der Waals surface area contributed by atoms with Crippen LogP contribution in [0.3, 0.4) is 0 Å². The van der Waals surface area contributed by atoms with Crippen molar-refractivity contribution in [1.82, 2.24) is 4.83 Å². The van der Waals surface area contributed by atoms with Gasteiger partial charge in [-0.15, -0.1) is 4.83 Å². The predicted molar refractivity (Wildman–Crippen MR) is 99.0 cm³/mol. The van der Waals surface area contributed by atoms with Gasteiger partial charge in [0, 0.05) is 18.2 Å². The van der Waals surface area contributed by atoms with Crippen LogP contribution in [0.25, 0.3) is 0 Å². The van der Waals surface area contributed by atoms with Gasteiger partial charge in [0.2, 0.25) is 6.54 Å². The molecule has 2 N–H and O–H groups in total. The minimum absolute atomic E-state index is 0.0234. The van der Waals surface area contributed by atoms with Gasteiger partial charge in [-0.25, -0.2) is 13.4 Å². The molecule has 138 valence electrons. The third-order valence-corrected chi connectivity index (χ3v) is 5.01. The van der Waals surface area contributed by atoms with E-state index >= 15 is 0 Å². The predicted octanol–water partition coefficient (Wildman–Crippen LogP) is 1.61. The maximum Gasteiger partial charge on any atom is 0.308 e. The Bertz CT molecular complexity index is 1030. The number of hydrogen-bond donors (Lipinski definition) is 2. The molecule has 1 aromatic heterocycles. The van der Waals surface area contributed by atoms with Crippen LogP contribution < -0.4 is 14.4 Å². The van der Waals surface area contributed by atoms with E-state index in [1.807, 2.05) is 6.07 Å². The highest BCUT2D eigenvalue weighted by atomic mass is 32.2. The Kier molecular flexibility index (Phi) is 5.49. The average molecular weight is 384 g/mol. The van der Waals surface area contributed by atoms with Crippen molar-refractivity contribution in [3.8, 4) is 5.75 Å². The van der Waals surface area contributed by atoms with E-state index in [0.717, 1.165) is 5.01 Å². The first-order chi connectivity index (χ1) is 13.0. The summed E-state index contributed by atoms with van der Waals surface area (Å²) in [5.41, 5.74) is 0.205. The lowest BCUT2D eigenvalue weighted by Crippen LogP contribution is -2.52. The van der Waals surface area contributed by atoms with Crippen molar-refractivity contribution >= 4 is 21.6 Å². The maximum absolute atomic E-state index is 12.8. The summed E-state index contributed by atoms with van der Waals surface area (Å²) in [6.07, 6.45) is 3.40. The molecule has 0 saturated carbocycles. The minimum atomic E-state index is -3.99. The molecule has 0 aliphatic carbocycles. The SMILES string of the molecule is O=C(C[n+]1ccccc1)N(NS(=O)(=O)c1ccccc1)c1cccc(O)c1. The van der Waals surface area contributed by atoms with Gasteiger partial charge >= 0.3 is 5.91 Å². The highest BCUT2D eigenvalue weighted by molar-refractivity contribution is 7.89. The van der Waals surface area contributed by atoms with Crippen molar-refractivity contribution in [1.29, 1.82) is 0 Å². The number of nitrogens with zero attached hydrogens (tertiary/aromatic N) is 2. The number of carbonyl (C=O) groups is 1. The van der Waals surface area contributed by atoms with E-state index in [1.54, 1.807) is 47.3 Å². The number of rotatable bonds is 6. The van der Waals surface area contributed by atoms with Crippen LogP contribution in [0.5, 0.6) is 5.75 Å². The van der Waals surface area contributed by atoms with E-state index in [9.17, 15) is 18.3 Å². The van der Waals surface area contributed by atoms with Gasteiger partial charge in [0.05, 0.1) is 10.6 Å². The molecule has 3 rings (SSSR count). The van der Waals surface area contributed by atoms with Crippen LogP contribution in [0.15, 0.2) is 90.1 Å². The first-order valence-corrected chi connectivity index (χ1v) is 9.57. The van der Waals surface area contributed by atoms with Gasteiger partial charge in [-0.2, -0.15) is 4.57 Å². The fraction of sp³-hybridized carbons (Fsp3) is 0.0526. The van der Waals surface area contributed by atoms with Gasteiger partial charge in [-0.3, -0.25) is 4.79 Å². The number of anilines is 1. The van der Waals surface area contributed by atoms with Crippen molar-refractivity contribution < 1.29 is 22.9 Å². The molecule has 0 aliphatic rings.